The zero-order valence-corrected chi connectivity index (χ0v) is 21.8. The zero-order valence-electron chi connectivity index (χ0n) is 21.8. The summed E-state index contributed by atoms with van der Waals surface area (Å²) in [5.74, 6) is 3.44. The number of carbonyl (C=O) groups is 1. The first-order valence-electron chi connectivity index (χ1n) is 13.7. The van der Waals surface area contributed by atoms with Crippen molar-refractivity contribution in [2.24, 2.45) is 46.3 Å². The average molecular weight is 467 g/mol. The normalized spacial score (nSPS) is 51.5. The molecule has 0 aromatic heterocycles. The minimum atomic E-state index is -0.355. The van der Waals surface area contributed by atoms with Crippen LogP contribution in [-0.2, 0) is 19.0 Å². The van der Waals surface area contributed by atoms with Crippen LogP contribution < -0.4 is 0 Å². The van der Waals surface area contributed by atoms with Crippen LogP contribution in [0.25, 0.3) is 0 Å². The van der Waals surface area contributed by atoms with E-state index in [9.17, 15) is 4.79 Å². The number of hydrogen-bond acceptors (Lipinski definition) is 4. The third kappa shape index (κ3) is 3.06. The molecule has 0 N–H and O–H groups in total. The van der Waals surface area contributed by atoms with Gasteiger partial charge >= 0.3 is 0 Å². The van der Waals surface area contributed by atoms with E-state index in [2.05, 4.69) is 45.9 Å². The van der Waals surface area contributed by atoms with Crippen LogP contribution in [0.2, 0.25) is 0 Å². The highest BCUT2D eigenvalue weighted by Crippen LogP contribution is 2.69. The van der Waals surface area contributed by atoms with Gasteiger partial charge in [-0.25, -0.2) is 0 Å². The van der Waals surface area contributed by atoms with Crippen LogP contribution >= 0.6 is 0 Å². The van der Waals surface area contributed by atoms with E-state index in [0.29, 0.717) is 47.4 Å². The van der Waals surface area contributed by atoms with Crippen LogP contribution in [0.1, 0.15) is 73.6 Å². The van der Waals surface area contributed by atoms with Crippen LogP contribution in [0.4, 0.5) is 0 Å². The monoisotopic (exact) mass is 466 g/mol. The number of rotatable bonds is 2. The molecule has 4 fully saturated rings. The van der Waals surface area contributed by atoms with Gasteiger partial charge in [0.05, 0.1) is 18.8 Å². The van der Waals surface area contributed by atoms with Crippen molar-refractivity contribution in [3.8, 4) is 0 Å². The summed E-state index contributed by atoms with van der Waals surface area (Å²) in [5.41, 5.74) is 1.28. The Balaban J connectivity index is 1.30. The predicted octanol–water partition coefficient (Wildman–Crippen LogP) is 6.23. The number of fused-ring (bicyclic) bond motifs is 7. The first-order valence-corrected chi connectivity index (χ1v) is 13.7. The topological polar surface area (TPSA) is 44.8 Å². The second kappa shape index (κ2) is 7.56. The van der Waals surface area contributed by atoms with E-state index in [1.165, 1.54) is 19.3 Å². The van der Waals surface area contributed by atoms with Crippen molar-refractivity contribution >= 4 is 5.78 Å². The molecule has 0 aromatic rings. The second-order valence-corrected chi connectivity index (χ2v) is 13.1. The van der Waals surface area contributed by atoms with E-state index in [1.54, 1.807) is 0 Å². The van der Waals surface area contributed by atoms with E-state index in [0.717, 1.165) is 25.0 Å². The van der Waals surface area contributed by atoms with Gasteiger partial charge in [-0.1, -0.05) is 39.8 Å². The van der Waals surface area contributed by atoms with Crippen LogP contribution in [0, 0.1) is 46.3 Å². The molecule has 0 bridgehead atoms. The Kier molecular flexibility index (Phi) is 5.12. The second-order valence-electron chi connectivity index (χ2n) is 13.1. The van der Waals surface area contributed by atoms with Crippen LogP contribution in [0.15, 0.2) is 35.6 Å². The lowest BCUT2D eigenvalue weighted by Gasteiger charge is -2.55. The predicted molar refractivity (Wildman–Crippen MR) is 132 cm³/mol. The van der Waals surface area contributed by atoms with Crippen molar-refractivity contribution in [2.45, 2.75) is 91.6 Å². The summed E-state index contributed by atoms with van der Waals surface area (Å²) >= 11 is 0. The molecule has 34 heavy (non-hydrogen) atoms. The van der Waals surface area contributed by atoms with Crippen molar-refractivity contribution < 1.29 is 19.0 Å². The molecule has 2 aliphatic heterocycles. The van der Waals surface area contributed by atoms with Crippen molar-refractivity contribution in [2.75, 3.05) is 6.61 Å². The van der Waals surface area contributed by atoms with Crippen molar-refractivity contribution in [1.82, 2.24) is 0 Å². The molecule has 4 nitrogen and oxygen atoms in total. The van der Waals surface area contributed by atoms with Gasteiger partial charge in [0.2, 0.25) is 5.78 Å². The molecule has 1 spiro atoms. The van der Waals surface area contributed by atoms with Gasteiger partial charge in [-0.2, -0.15) is 0 Å². The Bertz CT molecular complexity index is 966. The van der Waals surface area contributed by atoms with Crippen molar-refractivity contribution in [1.29, 1.82) is 0 Å². The summed E-state index contributed by atoms with van der Waals surface area (Å²) < 4.78 is 19.3. The fourth-order valence-electron chi connectivity index (χ4n) is 9.09. The van der Waals surface area contributed by atoms with Gasteiger partial charge in [0, 0.05) is 17.8 Å². The SMILES string of the molecule is CC(C)OC1=C[C@@]2(C)C(=CC1=O)C=C[C@H]1[C@@H]3C[C@@H]4O[C@]5(CC[C@@H](C)CO5)[C@@H](C)[C@@H]4[C@@]3(C)CC[C@@H]12. The minimum absolute atomic E-state index is 0.00323. The highest BCUT2D eigenvalue weighted by Gasteiger charge is 2.68. The molecule has 6 aliphatic rings. The maximum absolute atomic E-state index is 12.7. The fourth-order valence-corrected chi connectivity index (χ4v) is 9.09. The van der Waals surface area contributed by atoms with Gasteiger partial charge < -0.3 is 14.2 Å². The molecule has 4 heteroatoms. The van der Waals surface area contributed by atoms with E-state index in [-0.39, 0.29) is 28.5 Å². The third-order valence-corrected chi connectivity index (χ3v) is 10.8. The Morgan fingerprint density at radius 2 is 1.91 bits per heavy atom. The molecule has 6 rings (SSSR count). The summed E-state index contributed by atoms with van der Waals surface area (Å²) in [6.45, 7) is 14.4. The standard InChI is InChI=1S/C30H42O4/c1-17(2)33-26-15-29(6)20(13-24(26)31)7-8-21-22(29)10-11-28(5)23(21)14-25-27(28)19(4)30(34-25)12-9-18(3)16-32-30/h7-8,13,15,17-19,21-23,25,27H,9-12,14,16H2,1-6H3/t18-,19+,21-,22+,23+,25+,27+,28+,29+,30-/m1/s1. The van der Waals surface area contributed by atoms with Gasteiger partial charge in [-0.3, -0.25) is 4.79 Å². The van der Waals surface area contributed by atoms with Gasteiger partial charge in [-0.15, -0.1) is 0 Å². The Morgan fingerprint density at radius 3 is 2.62 bits per heavy atom. The average Bonchev–Trinajstić information content (AvgIpc) is 3.21. The number of hydrogen-bond donors (Lipinski definition) is 0. The molecular formula is C30H42O4. The molecule has 2 heterocycles. The van der Waals surface area contributed by atoms with Gasteiger partial charge in [-0.05, 0) is 92.3 Å². The molecule has 0 amide bonds. The molecule has 0 unspecified atom stereocenters. The summed E-state index contributed by atoms with van der Waals surface area (Å²) in [6, 6.07) is 0. The highest BCUT2D eigenvalue weighted by atomic mass is 16.7. The van der Waals surface area contributed by atoms with E-state index in [1.807, 2.05) is 19.9 Å². The first kappa shape index (κ1) is 23.0. The Morgan fingerprint density at radius 1 is 1.12 bits per heavy atom. The quantitative estimate of drug-likeness (QED) is 0.484. The molecule has 0 aromatic carbocycles. The third-order valence-electron chi connectivity index (χ3n) is 10.8. The Labute approximate surface area is 205 Å². The highest BCUT2D eigenvalue weighted by molar-refractivity contribution is 6.04. The zero-order chi connectivity index (χ0) is 24.0. The number of ketones is 1. The minimum Gasteiger partial charge on any atom is -0.487 e. The largest absolute Gasteiger partial charge is 0.487 e. The lowest BCUT2D eigenvalue weighted by Crippen LogP contribution is -2.51. The molecular weight excluding hydrogens is 424 g/mol. The smallest absolute Gasteiger partial charge is 0.220 e. The summed E-state index contributed by atoms with van der Waals surface area (Å²) in [5, 5.41) is 0. The maximum Gasteiger partial charge on any atom is 0.220 e. The van der Waals surface area contributed by atoms with E-state index in [4.69, 9.17) is 14.2 Å². The molecule has 4 aliphatic carbocycles. The van der Waals surface area contributed by atoms with Crippen molar-refractivity contribution in [3.63, 3.8) is 0 Å². The fraction of sp³-hybridized carbons (Fsp3) is 0.767. The lowest BCUT2D eigenvalue weighted by molar-refractivity contribution is -0.272. The lowest BCUT2D eigenvalue weighted by atomic mass is 9.49. The van der Waals surface area contributed by atoms with Gasteiger partial charge in [0.25, 0.3) is 0 Å². The molecule has 0 radical (unpaired) electrons. The summed E-state index contributed by atoms with van der Waals surface area (Å²) in [7, 11) is 0. The first-order chi connectivity index (χ1) is 16.1. The molecule has 186 valence electrons. The molecule has 10 atom stereocenters. The van der Waals surface area contributed by atoms with Crippen LogP contribution in [-0.4, -0.2) is 30.4 Å². The molecule has 2 saturated carbocycles. The maximum atomic E-state index is 12.7. The number of carbonyl (C=O) groups excluding carboxylic acids is 1. The molecule has 2 saturated heterocycles. The van der Waals surface area contributed by atoms with Crippen LogP contribution in [0.3, 0.4) is 0 Å². The van der Waals surface area contributed by atoms with Crippen LogP contribution in [0.5, 0.6) is 0 Å². The summed E-state index contributed by atoms with van der Waals surface area (Å²) in [4.78, 5) is 12.7. The summed E-state index contributed by atoms with van der Waals surface area (Å²) in [6.07, 6.45) is 14.8. The van der Waals surface area contributed by atoms with E-state index < -0.39 is 0 Å². The Hall–Kier alpha value is -1.39. The van der Waals surface area contributed by atoms with E-state index >= 15 is 0 Å². The van der Waals surface area contributed by atoms with Gasteiger partial charge in [0.15, 0.2) is 11.5 Å². The van der Waals surface area contributed by atoms with Crippen molar-refractivity contribution in [3.05, 3.63) is 35.6 Å². The van der Waals surface area contributed by atoms with Gasteiger partial charge in [0.1, 0.15) is 0 Å². The number of allylic oxidation sites excluding steroid dienone is 5. The number of ether oxygens (including phenoxy) is 3.